The summed E-state index contributed by atoms with van der Waals surface area (Å²) in [5.41, 5.74) is 1.08. The number of fused-ring (bicyclic) bond motifs is 1. The van der Waals surface area contributed by atoms with E-state index in [1.165, 1.54) is 6.92 Å². The normalized spacial score (nSPS) is 11.8. The number of aromatic nitrogens is 1. The number of halogens is 1. The molecule has 1 aromatic carbocycles. The summed E-state index contributed by atoms with van der Waals surface area (Å²) in [6, 6.07) is 7.65. The van der Waals surface area contributed by atoms with Gasteiger partial charge in [0.2, 0.25) is 6.36 Å². The number of benzene rings is 1. The molecule has 0 aliphatic rings. The largest absolute Gasteiger partial charge is 0.461 e. The van der Waals surface area contributed by atoms with Crippen LogP contribution in [-0.4, -0.2) is 10.9 Å². The van der Waals surface area contributed by atoms with E-state index >= 15 is 0 Å². The molecule has 0 radical (unpaired) electrons. The molecule has 1 atom stereocenters. The smallest absolute Gasteiger partial charge is 0.235 e. The van der Waals surface area contributed by atoms with E-state index in [0.717, 1.165) is 17.4 Å². The maximum Gasteiger partial charge on any atom is 0.235 e. The molecule has 0 N–H and O–H groups in total. The lowest BCUT2D eigenvalue weighted by Gasteiger charge is -2.07. The summed E-state index contributed by atoms with van der Waals surface area (Å²) in [6.07, 6.45) is 0.750. The number of ether oxygens (including phenoxy) is 1. The summed E-state index contributed by atoms with van der Waals surface area (Å²) in [6.45, 7) is 8.35. The highest BCUT2D eigenvalue weighted by Crippen LogP contribution is 2.22. The zero-order valence-corrected chi connectivity index (χ0v) is 10.9. The van der Waals surface area contributed by atoms with Gasteiger partial charge in [-0.05, 0) is 30.5 Å². The van der Waals surface area contributed by atoms with Crippen molar-refractivity contribution in [2.45, 2.75) is 40.6 Å². The number of aryl methyl sites for hydroxylation is 1. The van der Waals surface area contributed by atoms with Crippen molar-refractivity contribution in [1.29, 1.82) is 0 Å². The molecule has 1 heterocycles. The average molecular weight is 237 g/mol. The number of rotatable bonds is 3. The van der Waals surface area contributed by atoms with Crippen LogP contribution in [0.1, 0.15) is 27.7 Å². The Labute approximate surface area is 102 Å². The van der Waals surface area contributed by atoms with Crippen molar-refractivity contribution in [3.05, 3.63) is 30.5 Å². The Balaban J connectivity index is 0.000000686. The minimum absolute atomic E-state index is 0.575. The lowest BCUT2D eigenvalue weighted by atomic mass is 10.2. The van der Waals surface area contributed by atoms with E-state index in [1.807, 2.05) is 38.2 Å². The van der Waals surface area contributed by atoms with Crippen LogP contribution in [0.2, 0.25) is 0 Å². The van der Waals surface area contributed by atoms with Gasteiger partial charge >= 0.3 is 0 Å². The second-order valence-electron chi connectivity index (χ2n) is 3.48. The average Bonchev–Trinajstić information content (AvgIpc) is 2.73. The van der Waals surface area contributed by atoms with Gasteiger partial charge in [0.1, 0.15) is 5.75 Å². The third-order valence-corrected chi connectivity index (χ3v) is 2.38. The van der Waals surface area contributed by atoms with Gasteiger partial charge in [0.25, 0.3) is 0 Å². The van der Waals surface area contributed by atoms with E-state index in [-0.39, 0.29) is 0 Å². The van der Waals surface area contributed by atoms with Crippen LogP contribution in [0.15, 0.2) is 30.5 Å². The number of hydrogen-bond acceptors (Lipinski definition) is 1. The molecule has 2 aromatic rings. The maximum absolute atomic E-state index is 12.7. The SMILES string of the molecule is CC.CCn1ccc2ccc(OC(C)F)cc21. The Hall–Kier alpha value is -1.51. The third kappa shape index (κ3) is 3.22. The predicted molar refractivity (Wildman–Crippen MR) is 70.2 cm³/mol. The Morgan fingerprint density at radius 3 is 2.59 bits per heavy atom. The van der Waals surface area contributed by atoms with Crippen molar-refractivity contribution in [2.24, 2.45) is 0 Å². The molecule has 1 aromatic heterocycles. The summed E-state index contributed by atoms with van der Waals surface area (Å²) in [7, 11) is 0. The summed E-state index contributed by atoms with van der Waals surface area (Å²) >= 11 is 0. The van der Waals surface area contributed by atoms with Gasteiger partial charge in [-0.1, -0.05) is 13.8 Å². The fourth-order valence-electron chi connectivity index (χ4n) is 1.70. The van der Waals surface area contributed by atoms with Gasteiger partial charge in [-0.3, -0.25) is 0 Å². The van der Waals surface area contributed by atoms with Gasteiger partial charge in [-0.2, -0.15) is 0 Å². The summed E-state index contributed by atoms with van der Waals surface area (Å²) < 4.78 is 19.8. The first-order chi connectivity index (χ1) is 8.20. The second kappa shape index (κ2) is 6.28. The lowest BCUT2D eigenvalue weighted by molar-refractivity contribution is 0.0862. The van der Waals surface area contributed by atoms with Crippen molar-refractivity contribution < 1.29 is 9.13 Å². The number of alkyl halides is 1. The topological polar surface area (TPSA) is 14.2 Å². The van der Waals surface area contributed by atoms with E-state index < -0.39 is 6.36 Å². The molecule has 0 aliphatic heterocycles. The molecule has 0 saturated carbocycles. The van der Waals surface area contributed by atoms with Crippen LogP contribution in [0.3, 0.4) is 0 Å². The zero-order valence-electron chi connectivity index (χ0n) is 10.9. The molecule has 0 fully saturated rings. The quantitative estimate of drug-likeness (QED) is 0.772. The first kappa shape index (κ1) is 13.6. The minimum atomic E-state index is -1.27. The zero-order chi connectivity index (χ0) is 12.8. The van der Waals surface area contributed by atoms with Gasteiger partial charge in [-0.15, -0.1) is 0 Å². The van der Waals surface area contributed by atoms with Gasteiger partial charge in [-0.25, -0.2) is 4.39 Å². The van der Waals surface area contributed by atoms with Crippen LogP contribution in [-0.2, 0) is 6.54 Å². The summed E-state index contributed by atoms with van der Waals surface area (Å²) in [5.74, 6) is 0.575. The van der Waals surface area contributed by atoms with E-state index in [4.69, 9.17) is 4.74 Å². The van der Waals surface area contributed by atoms with Crippen molar-refractivity contribution >= 4 is 10.9 Å². The van der Waals surface area contributed by atoms with Crippen LogP contribution in [0.25, 0.3) is 10.9 Å². The fourth-order valence-corrected chi connectivity index (χ4v) is 1.70. The molecule has 0 saturated heterocycles. The Kier molecular flexibility index (Phi) is 5.01. The maximum atomic E-state index is 12.7. The van der Waals surface area contributed by atoms with Crippen LogP contribution in [0.4, 0.5) is 4.39 Å². The van der Waals surface area contributed by atoms with E-state index in [1.54, 1.807) is 6.07 Å². The van der Waals surface area contributed by atoms with Crippen molar-refractivity contribution in [3.63, 3.8) is 0 Å². The molecule has 1 unspecified atom stereocenters. The van der Waals surface area contributed by atoms with Crippen molar-refractivity contribution in [3.8, 4) is 5.75 Å². The number of hydrogen-bond donors (Lipinski definition) is 0. The van der Waals surface area contributed by atoms with E-state index in [0.29, 0.717) is 5.75 Å². The van der Waals surface area contributed by atoms with Crippen LogP contribution in [0.5, 0.6) is 5.75 Å². The molecule has 2 rings (SSSR count). The van der Waals surface area contributed by atoms with E-state index in [9.17, 15) is 4.39 Å². The van der Waals surface area contributed by atoms with Crippen LogP contribution >= 0.6 is 0 Å². The first-order valence-corrected chi connectivity index (χ1v) is 6.10. The highest BCUT2D eigenvalue weighted by Gasteiger charge is 2.04. The second-order valence-corrected chi connectivity index (χ2v) is 3.48. The molecule has 17 heavy (non-hydrogen) atoms. The van der Waals surface area contributed by atoms with Crippen LogP contribution < -0.4 is 4.74 Å². The number of nitrogens with zero attached hydrogens (tertiary/aromatic N) is 1. The molecular formula is C14H20FNO. The highest BCUT2D eigenvalue weighted by atomic mass is 19.1. The molecule has 0 amide bonds. The molecule has 94 valence electrons. The molecule has 3 heteroatoms. The first-order valence-electron chi connectivity index (χ1n) is 6.10. The highest BCUT2D eigenvalue weighted by molar-refractivity contribution is 5.81. The molecule has 0 aliphatic carbocycles. The lowest BCUT2D eigenvalue weighted by Crippen LogP contribution is -2.03. The van der Waals surface area contributed by atoms with Gasteiger partial charge < -0.3 is 9.30 Å². The molecular weight excluding hydrogens is 217 g/mol. The third-order valence-electron chi connectivity index (χ3n) is 2.38. The molecule has 0 bridgehead atoms. The fraction of sp³-hybridized carbons (Fsp3) is 0.429. The molecule has 0 spiro atoms. The molecule has 2 nitrogen and oxygen atoms in total. The van der Waals surface area contributed by atoms with Gasteiger partial charge in [0.05, 0.1) is 5.52 Å². The summed E-state index contributed by atoms with van der Waals surface area (Å²) in [5, 5.41) is 1.15. The Morgan fingerprint density at radius 1 is 1.29 bits per heavy atom. The van der Waals surface area contributed by atoms with Crippen LogP contribution in [0, 0.1) is 0 Å². The van der Waals surface area contributed by atoms with Gasteiger partial charge in [0.15, 0.2) is 0 Å². The van der Waals surface area contributed by atoms with Gasteiger partial charge in [0, 0.05) is 25.7 Å². The Morgan fingerprint density at radius 2 is 2.00 bits per heavy atom. The van der Waals surface area contributed by atoms with Crippen molar-refractivity contribution in [1.82, 2.24) is 4.57 Å². The predicted octanol–water partition coefficient (Wildman–Crippen LogP) is 4.38. The Bertz CT molecular complexity index is 462. The standard InChI is InChI=1S/C12H14FNO.C2H6/c1-3-14-7-6-10-4-5-11(8-12(10)14)15-9(2)13;1-2/h4-9H,3H2,1-2H3;1-2H3. The minimum Gasteiger partial charge on any atom is -0.461 e. The van der Waals surface area contributed by atoms with E-state index in [2.05, 4.69) is 11.5 Å². The summed E-state index contributed by atoms with van der Waals surface area (Å²) in [4.78, 5) is 0. The monoisotopic (exact) mass is 237 g/mol. The van der Waals surface area contributed by atoms with Crippen molar-refractivity contribution in [2.75, 3.05) is 0 Å².